The summed E-state index contributed by atoms with van der Waals surface area (Å²) < 4.78 is 0. The molecule has 1 aliphatic heterocycles. The lowest BCUT2D eigenvalue weighted by atomic mass is 10.0. The zero-order chi connectivity index (χ0) is 11.0. The van der Waals surface area contributed by atoms with Gasteiger partial charge in [-0.05, 0) is 19.4 Å². The van der Waals surface area contributed by atoms with Crippen LogP contribution in [0, 0.1) is 13.8 Å². The van der Waals surface area contributed by atoms with Gasteiger partial charge >= 0.3 is 6.03 Å². The summed E-state index contributed by atoms with van der Waals surface area (Å²) in [6.45, 7) is 4.35. The van der Waals surface area contributed by atoms with E-state index in [4.69, 9.17) is 0 Å². The number of amides is 2. The molecule has 1 aromatic carbocycles. The van der Waals surface area contributed by atoms with Crippen molar-refractivity contribution < 1.29 is 9.90 Å². The SMILES string of the molecule is Cc1cc(C)c(O)c(C2CNC(=O)N2)c1. The molecule has 0 saturated carbocycles. The molecule has 1 fully saturated rings. The zero-order valence-electron chi connectivity index (χ0n) is 8.79. The van der Waals surface area contributed by atoms with Gasteiger partial charge in [0.1, 0.15) is 5.75 Å². The second-order valence-corrected chi connectivity index (χ2v) is 3.93. The number of phenols is 1. The number of carbonyl (C=O) groups is 1. The first-order chi connectivity index (χ1) is 7.08. The Bertz CT molecular complexity index is 415. The molecule has 1 aromatic rings. The van der Waals surface area contributed by atoms with Crippen molar-refractivity contribution in [2.45, 2.75) is 19.9 Å². The molecule has 2 amide bonds. The minimum absolute atomic E-state index is 0.129. The molecule has 0 aliphatic carbocycles. The molecule has 3 N–H and O–H groups in total. The van der Waals surface area contributed by atoms with Crippen LogP contribution in [-0.2, 0) is 0 Å². The quantitative estimate of drug-likeness (QED) is 0.649. The summed E-state index contributed by atoms with van der Waals surface area (Å²) in [6, 6.07) is 3.51. The van der Waals surface area contributed by atoms with Crippen LogP contribution in [0.15, 0.2) is 12.1 Å². The summed E-state index contributed by atoms with van der Waals surface area (Å²) >= 11 is 0. The van der Waals surface area contributed by atoms with Gasteiger partial charge in [-0.3, -0.25) is 0 Å². The summed E-state index contributed by atoms with van der Waals surface area (Å²) in [5.41, 5.74) is 2.71. The molecule has 0 bridgehead atoms. The van der Waals surface area contributed by atoms with E-state index in [1.54, 1.807) is 0 Å². The molecule has 4 heteroatoms. The Balaban J connectivity index is 2.39. The average molecular weight is 206 g/mol. The molecule has 2 rings (SSSR count). The maximum atomic E-state index is 11.0. The number of rotatable bonds is 1. The first kappa shape index (κ1) is 9.83. The number of hydrogen-bond acceptors (Lipinski definition) is 2. The van der Waals surface area contributed by atoms with E-state index in [1.165, 1.54) is 0 Å². The van der Waals surface area contributed by atoms with Crippen molar-refractivity contribution in [3.63, 3.8) is 0 Å². The maximum absolute atomic E-state index is 11.0. The molecule has 1 aliphatic rings. The smallest absolute Gasteiger partial charge is 0.315 e. The van der Waals surface area contributed by atoms with Gasteiger partial charge in [0.25, 0.3) is 0 Å². The van der Waals surface area contributed by atoms with Crippen molar-refractivity contribution >= 4 is 6.03 Å². The maximum Gasteiger partial charge on any atom is 0.315 e. The van der Waals surface area contributed by atoms with E-state index in [-0.39, 0.29) is 17.8 Å². The van der Waals surface area contributed by atoms with Crippen LogP contribution in [0.4, 0.5) is 4.79 Å². The Morgan fingerprint density at radius 1 is 1.40 bits per heavy atom. The third kappa shape index (κ3) is 1.75. The molecule has 15 heavy (non-hydrogen) atoms. The van der Waals surface area contributed by atoms with E-state index < -0.39 is 0 Å². The van der Waals surface area contributed by atoms with Crippen molar-refractivity contribution in [3.8, 4) is 5.75 Å². The molecule has 1 saturated heterocycles. The molecule has 0 spiro atoms. The van der Waals surface area contributed by atoms with Gasteiger partial charge in [0.2, 0.25) is 0 Å². The third-order valence-electron chi connectivity index (χ3n) is 2.62. The number of phenolic OH excluding ortho intramolecular Hbond substituents is 1. The van der Waals surface area contributed by atoms with E-state index in [0.717, 1.165) is 16.7 Å². The van der Waals surface area contributed by atoms with Crippen molar-refractivity contribution in [1.82, 2.24) is 10.6 Å². The minimum atomic E-state index is -0.182. The summed E-state index contributed by atoms with van der Waals surface area (Å²) in [5, 5.41) is 15.3. The molecular weight excluding hydrogens is 192 g/mol. The molecule has 1 atom stereocenters. The lowest BCUT2D eigenvalue weighted by Gasteiger charge is -2.13. The highest BCUT2D eigenvalue weighted by atomic mass is 16.3. The Hall–Kier alpha value is -1.71. The summed E-state index contributed by atoms with van der Waals surface area (Å²) in [7, 11) is 0. The Labute approximate surface area is 88.3 Å². The fourth-order valence-electron chi connectivity index (χ4n) is 1.90. The van der Waals surface area contributed by atoms with Crippen molar-refractivity contribution in [2.75, 3.05) is 6.54 Å². The molecule has 0 aromatic heterocycles. The minimum Gasteiger partial charge on any atom is -0.507 e. The normalized spacial score (nSPS) is 19.9. The van der Waals surface area contributed by atoms with Gasteiger partial charge in [0.05, 0.1) is 6.04 Å². The zero-order valence-corrected chi connectivity index (χ0v) is 8.79. The van der Waals surface area contributed by atoms with Crippen molar-refractivity contribution in [3.05, 3.63) is 28.8 Å². The van der Waals surface area contributed by atoms with E-state index in [9.17, 15) is 9.90 Å². The molecule has 1 unspecified atom stereocenters. The lowest BCUT2D eigenvalue weighted by molar-refractivity contribution is 0.247. The topological polar surface area (TPSA) is 61.4 Å². The number of carbonyl (C=O) groups excluding carboxylic acids is 1. The number of aryl methyl sites for hydroxylation is 2. The second-order valence-electron chi connectivity index (χ2n) is 3.93. The molecule has 80 valence electrons. The third-order valence-corrected chi connectivity index (χ3v) is 2.62. The fourth-order valence-corrected chi connectivity index (χ4v) is 1.90. The Kier molecular flexibility index (Phi) is 2.26. The van der Waals surface area contributed by atoms with E-state index in [0.29, 0.717) is 6.54 Å². The van der Waals surface area contributed by atoms with Crippen LogP contribution in [0.3, 0.4) is 0 Å². The van der Waals surface area contributed by atoms with Gasteiger partial charge in [-0.15, -0.1) is 0 Å². The highest BCUT2D eigenvalue weighted by Gasteiger charge is 2.24. The molecule has 0 radical (unpaired) electrons. The lowest BCUT2D eigenvalue weighted by Crippen LogP contribution is -2.21. The van der Waals surface area contributed by atoms with E-state index in [1.807, 2.05) is 26.0 Å². The van der Waals surface area contributed by atoms with Gasteiger partial charge in [-0.25, -0.2) is 4.79 Å². The van der Waals surface area contributed by atoms with E-state index >= 15 is 0 Å². The van der Waals surface area contributed by atoms with Crippen LogP contribution >= 0.6 is 0 Å². The van der Waals surface area contributed by atoms with Gasteiger partial charge in [-0.1, -0.05) is 17.7 Å². The predicted octanol–water partition coefficient (Wildman–Crippen LogP) is 1.36. The molecule has 1 heterocycles. The van der Waals surface area contributed by atoms with E-state index in [2.05, 4.69) is 10.6 Å². The second kappa shape index (κ2) is 3.46. The number of benzene rings is 1. The van der Waals surface area contributed by atoms with Crippen molar-refractivity contribution in [1.29, 1.82) is 0 Å². The summed E-state index contributed by atoms with van der Waals surface area (Å²) in [5.74, 6) is 0.273. The number of hydrogen-bond donors (Lipinski definition) is 3. The van der Waals surface area contributed by atoms with Crippen molar-refractivity contribution in [2.24, 2.45) is 0 Å². The van der Waals surface area contributed by atoms with Crippen LogP contribution in [0.5, 0.6) is 5.75 Å². The standard InChI is InChI=1S/C11H14N2O2/c1-6-3-7(2)10(14)8(4-6)9-5-12-11(15)13-9/h3-4,9,14H,5H2,1-2H3,(H2,12,13,15). The van der Waals surface area contributed by atoms with Gasteiger partial charge in [0, 0.05) is 12.1 Å². The van der Waals surface area contributed by atoms with Gasteiger partial charge < -0.3 is 15.7 Å². The Morgan fingerprint density at radius 2 is 2.13 bits per heavy atom. The predicted molar refractivity (Wildman–Crippen MR) is 56.9 cm³/mol. The van der Waals surface area contributed by atoms with Crippen LogP contribution in [0.2, 0.25) is 0 Å². The van der Waals surface area contributed by atoms with Crippen LogP contribution in [0.1, 0.15) is 22.7 Å². The van der Waals surface area contributed by atoms with Crippen LogP contribution in [0.25, 0.3) is 0 Å². The highest BCUT2D eigenvalue weighted by molar-refractivity contribution is 5.77. The number of nitrogens with one attached hydrogen (secondary N) is 2. The first-order valence-electron chi connectivity index (χ1n) is 4.92. The number of urea groups is 1. The van der Waals surface area contributed by atoms with Gasteiger partial charge in [-0.2, -0.15) is 0 Å². The van der Waals surface area contributed by atoms with Gasteiger partial charge in [0.15, 0.2) is 0 Å². The number of aromatic hydroxyl groups is 1. The monoisotopic (exact) mass is 206 g/mol. The Morgan fingerprint density at radius 3 is 2.73 bits per heavy atom. The molecule has 4 nitrogen and oxygen atoms in total. The van der Waals surface area contributed by atoms with Crippen LogP contribution < -0.4 is 10.6 Å². The molecular formula is C11H14N2O2. The summed E-state index contributed by atoms with van der Waals surface area (Å²) in [4.78, 5) is 11.0. The summed E-state index contributed by atoms with van der Waals surface area (Å²) in [6.07, 6.45) is 0. The fraction of sp³-hybridized carbons (Fsp3) is 0.364. The largest absolute Gasteiger partial charge is 0.507 e. The van der Waals surface area contributed by atoms with Crippen LogP contribution in [-0.4, -0.2) is 17.7 Å². The average Bonchev–Trinajstić information content (AvgIpc) is 2.58. The highest BCUT2D eigenvalue weighted by Crippen LogP contribution is 2.29. The first-order valence-corrected chi connectivity index (χ1v) is 4.92.